The van der Waals surface area contributed by atoms with Crippen molar-refractivity contribution in [1.29, 1.82) is 0 Å². The minimum atomic E-state index is 0.605. The van der Waals surface area contributed by atoms with Crippen LogP contribution in [0.15, 0.2) is 24.3 Å². The highest BCUT2D eigenvalue weighted by atomic mass is 127. The molecule has 0 spiro atoms. The number of ether oxygens (including phenoxy) is 1. The van der Waals surface area contributed by atoms with Crippen LogP contribution in [0, 0.1) is 3.57 Å². The summed E-state index contributed by atoms with van der Waals surface area (Å²) < 4.78 is 10.9. The Labute approximate surface area is 106 Å². The average molecular weight is 332 g/mol. The second-order valence-corrected chi connectivity index (χ2v) is 4.85. The van der Waals surface area contributed by atoms with Crippen LogP contribution in [0.3, 0.4) is 0 Å². The maximum atomic E-state index is 5.56. The second kappa shape index (κ2) is 4.89. The highest BCUT2D eigenvalue weighted by Gasteiger charge is 2.04. The van der Waals surface area contributed by atoms with Crippen LogP contribution in [0.1, 0.15) is 12.7 Å². The zero-order valence-corrected chi connectivity index (χ0v) is 11.1. The summed E-state index contributed by atoms with van der Waals surface area (Å²) >= 11 is 3.54. The van der Waals surface area contributed by atoms with Gasteiger partial charge in [0.05, 0.1) is 0 Å². The molecule has 2 rings (SSSR count). The van der Waals surface area contributed by atoms with Gasteiger partial charge in [-0.3, -0.25) is 0 Å². The lowest BCUT2D eigenvalue weighted by Crippen LogP contribution is -1.85. The lowest BCUT2D eigenvalue weighted by molar-refractivity contribution is 0.477. The summed E-state index contributed by atoms with van der Waals surface area (Å²) in [5.74, 6) is 1.63. The first kappa shape index (κ1) is 10.8. The zero-order chi connectivity index (χ0) is 10.7. The van der Waals surface area contributed by atoms with E-state index in [0.717, 1.165) is 18.0 Å². The smallest absolute Gasteiger partial charge is 0.298 e. The molecule has 0 unspecified atom stereocenters. The molecule has 2 aromatic rings. The number of benzene rings is 1. The Morgan fingerprint density at radius 1 is 1.33 bits per heavy atom. The van der Waals surface area contributed by atoms with Gasteiger partial charge in [-0.25, -0.2) is 0 Å². The summed E-state index contributed by atoms with van der Waals surface area (Å²) in [4.78, 5) is 4.23. The lowest BCUT2D eigenvalue weighted by atomic mass is 10.3. The van der Waals surface area contributed by atoms with Crippen LogP contribution < -0.4 is 4.74 Å². The van der Waals surface area contributed by atoms with Gasteiger partial charge >= 0.3 is 0 Å². The van der Waals surface area contributed by atoms with Crippen LogP contribution in [0.4, 0.5) is 0 Å². The Balaban J connectivity index is 2.11. The molecule has 5 heteroatoms. The van der Waals surface area contributed by atoms with Gasteiger partial charge in [0.15, 0.2) is 0 Å². The molecule has 1 aromatic heterocycles. The molecule has 0 radical (unpaired) electrons. The van der Waals surface area contributed by atoms with Crippen molar-refractivity contribution >= 4 is 34.1 Å². The van der Waals surface area contributed by atoms with Crippen LogP contribution in [0.25, 0.3) is 0 Å². The van der Waals surface area contributed by atoms with E-state index in [1.165, 1.54) is 15.1 Å². The summed E-state index contributed by atoms with van der Waals surface area (Å²) in [7, 11) is 0. The fraction of sp³-hybridized carbons (Fsp3) is 0.200. The van der Waals surface area contributed by atoms with Gasteiger partial charge in [-0.1, -0.05) is 6.92 Å². The molecule has 1 heterocycles. The summed E-state index contributed by atoms with van der Waals surface area (Å²) in [6, 6.07) is 7.85. The van der Waals surface area contributed by atoms with Crippen molar-refractivity contribution in [2.24, 2.45) is 0 Å². The molecule has 0 fully saturated rings. The van der Waals surface area contributed by atoms with Crippen molar-refractivity contribution in [3.8, 4) is 10.9 Å². The molecular weight excluding hydrogens is 323 g/mol. The SMILES string of the molecule is CCc1nsc(Oc2ccc(I)cc2)n1. The van der Waals surface area contributed by atoms with Gasteiger partial charge in [0, 0.05) is 21.5 Å². The van der Waals surface area contributed by atoms with E-state index in [9.17, 15) is 0 Å². The number of aromatic nitrogens is 2. The number of rotatable bonds is 3. The molecule has 0 saturated carbocycles. The molecule has 3 nitrogen and oxygen atoms in total. The Hall–Kier alpha value is -0.690. The van der Waals surface area contributed by atoms with Crippen molar-refractivity contribution in [3.05, 3.63) is 33.7 Å². The minimum Gasteiger partial charge on any atom is -0.430 e. The number of hydrogen-bond donors (Lipinski definition) is 0. The molecule has 0 bridgehead atoms. The number of aryl methyl sites for hydroxylation is 1. The average Bonchev–Trinajstić information content (AvgIpc) is 2.69. The predicted octanol–water partition coefficient (Wildman–Crippen LogP) is 3.50. The molecule has 0 amide bonds. The molecule has 0 aliphatic heterocycles. The first-order valence-corrected chi connectivity index (χ1v) is 6.39. The van der Waals surface area contributed by atoms with E-state index >= 15 is 0 Å². The standard InChI is InChI=1S/C10H9IN2OS/c1-2-9-12-10(15-13-9)14-8-5-3-7(11)4-6-8/h3-6H,2H2,1H3. The number of nitrogens with zero attached hydrogens (tertiary/aromatic N) is 2. The third kappa shape index (κ3) is 2.88. The van der Waals surface area contributed by atoms with Crippen molar-refractivity contribution in [3.63, 3.8) is 0 Å². The van der Waals surface area contributed by atoms with Gasteiger partial charge in [0.2, 0.25) is 0 Å². The Kier molecular flexibility index (Phi) is 3.53. The minimum absolute atomic E-state index is 0.605. The summed E-state index contributed by atoms with van der Waals surface area (Å²) in [6.45, 7) is 2.02. The second-order valence-electron chi connectivity index (χ2n) is 2.89. The first-order valence-electron chi connectivity index (χ1n) is 4.54. The molecule has 15 heavy (non-hydrogen) atoms. The number of halogens is 1. The van der Waals surface area contributed by atoms with Gasteiger partial charge in [0.25, 0.3) is 5.19 Å². The molecular formula is C10H9IN2OS. The van der Waals surface area contributed by atoms with E-state index in [-0.39, 0.29) is 0 Å². The van der Waals surface area contributed by atoms with Crippen molar-refractivity contribution in [2.45, 2.75) is 13.3 Å². The molecule has 78 valence electrons. The quantitative estimate of drug-likeness (QED) is 0.807. The molecule has 0 N–H and O–H groups in total. The van der Waals surface area contributed by atoms with Crippen LogP contribution in [-0.2, 0) is 6.42 Å². The molecule has 0 saturated heterocycles. The molecule has 0 atom stereocenters. The van der Waals surface area contributed by atoms with E-state index < -0.39 is 0 Å². The monoisotopic (exact) mass is 332 g/mol. The summed E-state index contributed by atoms with van der Waals surface area (Å²) in [5.41, 5.74) is 0. The number of hydrogen-bond acceptors (Lipinski definition) is 4. The summed E-state index contributed by atoms with van der Waals surface area (Å²) in [6.07, 6.45) is 0.840. The zero-order valence-electron chi connectivity index (χ0n) is 8.11. The topological polar surface area (TPSA) is 35.0 Å². The summed E-state index contributed by atoms with van der Waals surface area (Å²) in [5, 5.41) is 0.605. The molecule has 1 aromatic carbocycles. The van der Waals surface area contributed by atoms with Gasteiger partial charge in [-0.05, 0) is 46.9 Å². The fourth-order valence-electron chi connectivity index (χ4n) is 1.03. The third-order valence-corrected chi connectivity index (χ3v) is 3.14. The van der Waals surface area contributed by atoms with Crippen LogP contribution >= 0.6 is 34.1 Å². The third-order valence-electron chi connectivity index (χ3n) is 1.78. The highest BCUT2D eigenvalue weighted by molar-refractivity contribution is 14.1. The highest BCUT2D eigenvalue weighted by Crippen LogP contribution is 2.23. The largest absolute Gasteiger partial charge is 0.430 e. The lowest BCUT2D eigenvalue weighted by Gasteiger charge is -1.99. The van der Waals surface area contributed by atoms with E-state index in [1.807, 2.05) is 31.2 Å². The van der Waals surface area contributed by atoms with Gasteiger partial charge in [0.1, 0.15) is 11.6 Å². The van der Waals surface area contributed by atoms with Crippen molar-refractivity contribution < 1.29 is 4.74 Å². The maximum absolute atomic E-state index is 5.56. The van der Waals surface area contributed by atoms with E-state index in [0.29, 0.717) is 5.19 Å². The van der Waals surface area contributed by atoms with E-state index in [1.54, 1.807) is 0 Å². The predicted molar refractivity (Wildman–Crippen MR) is 68.5 cm³/mol. The van der Waals surface area contributed by atoms with Gasteiger partial charge in [-0.2, -0.15) is 9.36 Å². The Morgan fingerprint density at radius 2 is 2.07 bits per heavy atom. The van der Waals surface area contributed by atoms with Crippen LogP contribution in [0.5, 0.6) is 10.9 Å². The fourth-order valence-corrected chi connectivity index (χ4v) is 2.02. The van der Waals surface area contributed by atoms with Gasteiger partial charge < -0.3 is 4.74 Å². The Morgan fingerprint density at radius 3 is 2.67 bits per heavy atom. The Bertz CT molecular complexity index is 441. The molecule has 0 aliphatic rings. The molecule has 0 aliphatic carbocycles. The normalized spacial score (nSPS) is 10.3. The maximum Gasteiger partial charge on any atom is 0.298 e. The van der Waals surface area contributed by atoms with Crippen LogP contribution in [0.2, 0.25) is 0 Å². The van der Waals surface area contributed by atoms with Crippen molar-refractivity contribution in [2.75, 3.05) is 0 Å². The van der Waals surface area contributed by atoms with Crippen LogP contribution in [-0.4, -0.2) is 9.36 Å². The van der Waals surface area contributed by atoms with E-state index in [2.05, 4.69) is 31.9 Å². The first-order chi connectivity index (χ1) is 7.28. The van der Waals surface area contributed by atoms with Gasteiger partial charge in [-0.15, -0.1) is 0 Å². The van der Waals surface area contributed by atoms with E-state index in [4.69, 9.17) is 4.74 Å². The van der Waals surface area contributed by atoms with Crippen molar-refractivity contribution in [1.82, 2.24) is 9.36 Å².